The molecule has 1 N–H and O–H groups in total. The number of benzene rings is 4. The summed E-state index contributed by atoms with van der Waals surface area (Å²) in [5.74, 6) is 0.718. The molecular weight excluding hydrogens is 729 g/mol. The summed E-state index contributed by atoms with van der Waals surface area (Å²) < 4.78 is 45.6. The molecular formula is C31H27BrCl3N3O6S. The molecule has 4 aromatic rings. The largest absolute Gasteiger partial charge is 0.494 e. The topological polar surface area (TPSA) is 107 Å². The Morgan fingerprint density at radius 3 is 2.29 bits per heavy atom. The van der Waals surface area contributed by atoms with Crippen molar-refractivity contribution < 1.29 is 27.4 Å². The van der Waals surface area contributed by atoms with Gasteiger partial charge in [0.1, 0.15) is 18.9 Å². The Morgan fingerprint density at radius 2 is 1.64 bits per heavy atom. The van der Waals surface area contributed by atoms with Gasteiger partial charge in [0.15, 0.2) is 11.5 Å². The van der Waals surface area contributed by atoms with Crippen LogP contribution in [0, 0.1) is 0 Å². The number of halogens is 4. The van der Waals surface area contributed by atoms with Gasteiger partial charge in [-0.25, -0.2) is 13.8 Å². The zero-order valence-electron chi connectivity index (χ0n) is 24.0. The summed E-state index contributed by atoms with van der Waals surface area (Å²) in [5, 5.41) is 5.39. The minimum Gasteiger partial charge on any atom is -0.494 e. The number of nitrogens with zero attached hydrogens (tertiary/aromatic N) is 2. The van der Waals surface area contributed by atoms with Crippen molar-refractivity contribution >= 4 is 78.6 Å². The summed E-state index contributed by atoms with van der Waals surface area (Å²) in [7, 11) is -2.66. The summed E-state index contributed by atoms with van der Waals surface area (Å²) in [6, 6.07) is 20.5. The highest BCUT2D eigenvalue weighted by Gasteiger charge is 2.27. The molecule has 0 aliphatic rings. The molecule has 4 rings (SSSR count). The number of ether oxygens (including phenoxy) is 3. The first kappa shape index (κ1) is 34.4. The SMILES string of the molecule is CCOc1ccc(N(CC(=O)N/N=C\c2cc(Br)c(OCc3ccc(Cl)cc3Cl)c(OC)c2)S(=O)(=O)c2ccc(Cl)cc2)cc1. The number of methoxy groups -OCH3 is 1. The van der Waals surface area contributed by atoms with E-state index in [1.54, 1.807) is 54.6 Å². The first-order valence-electron chi connectivity index (χ1n) is 13.3. The Labute approximate surface area is 284 Å². The van der Waals surface area contributed by atoms with Gasteiger partial charge in [-0.15, -0.1) is 0 Å². The van der Waals surface area contributed by atoms with E-state index in [9.17, 15) is 13.2 Å². The molecule has 0 unspecified atom stereocenters. The van der Waals surface area contributed by atoms with Crippen molar-refractivity contribution in [3.8, 4) is 17.2 Å². The summed E-state index contributed by atoms with van der Waals surface area (Å²) in [6.45, 7) is 1.90. The molecule has 0 aliphatic carbocycles. The monoisotopic (exact) mass is 753 g/mol. The normalized spacial score (nSPS) is 11.3. The van der Waals surface area contributed by atoms with Crippen molar-refractivity contribution in [2.24, 2.45) is 5.10 Å². The zero-order valence-corrected chi connectivity index (χ0v) is 28.6. The molecule has 0 aliphatic heterocycles. The lowest BCUT2D eigenvalue weighted by atomic mass is 10.2. The summed E-state index contributed by atoms with van der Waals surface area (Å²) in [6.07, 6.45) is 1.39. The van der Waals surface area contributed by atoms with E-state index in [0.29, 0.717) is 49.0 Å². The molecule has 1 amide bonds. The first-order chi connectivity index (χ1) is 21.5. The number of rotatable bonds is 13. The summed E-state index contributed by atoms with van der Waals surface area (Å²) >= 11 is 21.7. The number of hydrogen-bond donors (Lipinski definition) is 1. The smallest absolute Gasteiger partial charge is 0.264 e. The van der Waals surface area contributed by atoms with Gasteiger partial charge in [0.05, 0.1) is 35.0 Å². The molecule has 0 heterocycles. The number of hydrogen-bond acceptors (Lipinski definition) is 7. The average Bonchev–Trinajstić information content (AvgIpc) is 3.00. The highest BCUT2D eigenvalue weighted by molar-refractivity contribution is 9.10. The van der Waals surface area contributed by atoms with Crippen molar-refractivity contribution in [3.05, 3.63) is 110 Å². The van der Waals surface area contributed by atoms with Gasteiger partial charge in [-0.05, 0) is 101 Å². The lowest BCUT2D eigenvalue weighted by Gasteiger charge is -2.24. The van der Waals surface area contributed by atoms with E-state index < -0.39 is 22.5 Å². The van der Waals surface area contributed by atoms with Crippen molar-refractivity contribution in [2.45, 2.75) is 18.4 Å². The van der Waals surface area contributed by atoms with Gasteiger partial charge in [-0.3, -0.25) is 9.10 Å². The number of anilines is 1. The highest BCUT2D eigenvalue weighted by Crippen LogP contribution is 2.37. The molecule has 0 spiro atoms. The van der Waals surface area contributed by atoms with Crippen LogP contribution in [-0.2, 0) is 21.4 Å². The van der Waals surface area contributed by atoms with Crippen molar-refractivity contribution in [1.82, 2.24) is 5.43 Å². The molecule has 0 radical (unpaired) electrons. The zero-order chi connectivity index (χ0) is 32.6. The third-order valence-electron chi connectivity index (χ3n) is 6.17. The maximum absolute atomic E-state index is 13.6. The van der Waals surface area contributed by atoms with Crippen molar-refractivity contribution in [1.29, 1.82) is 0 Å². The van der Waals surface area contributed by atoms with Crippen LogP contribution in [0.5, 0.6) is 17.2 Å². The van der Waals surface area contributed by atoms with Gasteiger partial charge in [-0.1, -0.05) is 40.9 Å². The average molecular weight is 756 g/mol. The molecule has 0 bridgehead atoms. The number of amides is 1. The van der Waals surface area contributed by atoms with Gasteiger partial charge in [-0.2, -0.15) is 5.10 Å². The third kappa shape index (κ3) is 9.05. The molecule has 0 fully saturated rings. The molecule has 14 heteroatoms. The van der Waals surface area contributed by atoms with E-state index in [0.717, 1.165) is 9.87 Å². The van der Waals surface area contributed by atoms with Crippen LogP contribution in [0.15, 0.2) is 93.3 Å². The Bertz CT molecular complexity index is 1790. The highest BCUT2D eigenvalue weighted by atomic mass is 79.9. The van der Waals surface area contributed by atoms with E-state index in [1.165, 1.54) is 37.6 Å². The van der Waals surface area contributed by atoms with Crippen LogP contribution < -0.4 is 23.9 Å². The Balaban J connectivity index is 1.49. The maximum atomic E-state index is 13.6. The Kier molecular flexibility index (Phi) is 12.0. The third-order valence-corrected chi connectivity index (χ3v) is 9.38. The van der Waals surface area contributed by atoms with Crippen LogP contribution in [0.3, 0.4) is 0 Å². The second-order valence-electron chi connectivity index (χ2n) is 9.24. The Morgan fingerprint density at radius 1 is 0.956 bits per heavy atom. The fourth-order valence-electron chi connectivity index (χ4n) is 4.01. The first-order valence-corrected chi connectivity index (χ1v) is 16.7. The van der Waals surface area contributed by atoms with Crippen LogP contribution in [0.2, 0.25) is 15.1 Å². The molecule has 0 aromatic heterocycles. The minimum absolute atomic E-state index is 0.0327. The summed E-state index contributed by atoms with van der Waals surface area (Å²) in [4.78, 5) is 12.9. The fourth-order valence-corrected chi connectivity index (χ4v) is 6.60. The van der Waals surface area contributed by atoms with Gasteiger partial charge in [0.2, 0.25) is 0 Å². The fraction of sp³-hybridized carbons (Fsp3) is 0.161. The van der Waals surface area contributed by atoms with Crippen molar-refractivity contribution in [2.75, 3.05) is 24.6 Å². The number of carbonyl (C=O) groups excluding carboxylic acids is 1. The van der Waals surface area contributed by atoms with Crippen LogP contribution in [0.4, 0.5) is 5.69 Å². The van der Waals surface area contributed by atoms with E-state index in [2.05, 4.69) is 26.5 Å². The van der Waals surface area contributed by atoms with E-state index in [4.69, 9.17) is 49.0 Å². The van der Waals surface area contributed by atoms with Crippen LogP contribution in [-0.4, -0.2) is 40.8 Å². The molecule has 0 atom stereocenters. The van der Waals surface area contributed by atoms with Crippen molar-refractivity contribution in [3.63, 3.8) is 0 Å². The standard InChI is InChI=1S/C31H27BrCl3N3O6S/c1-3-43-25-10-8-24(9-11-25)38(45(40,41)26-12-6-22(33)7-13-26)18-30(39)37-36-17-20-14-27(32)31(29(15-20)42-2)44-19-21-4-5-23(34)16-28(21)35/h4-17H,3,18-19H2,1-2H3,(H,37,39)/b36-17-. The molecule has 45 heavy (non-hydrogen) atoms. The molecule has 0 saturated heterocycles. The lowest BCUT2D eigenvalue weighted by Crippen LogP contribution is -2.39. The van der Waals surface area contributed by atoms with Gasteiger partial charge in [0, 0.05) is 20.6 Å². The van der Waals surface area contributed by atoms with E-state index in [-0.39, 0.29) is 17.2 Å². The molecule has 4 aromatic carbocycles. The van der Waals surface area contributed by atoms with E-state index >= 15 is 0 Å². The van der Waals surface area contributed by atoms with Gasteiger partial charge in [0.25, 0.3) is 15.9 Å². The van der Waals surface area contributed by atoms with Crippen LogP contribution >= 0.6 is 50.7 Å². The predicted octanol–water partition coefficient (Wildman–Crippen LogP) is 7.74. The van der Waals surface area contributed by atoms with Crippen LogP contribution in [0.25, 0.3) is 0 Å². The predicted molar refractivity (Wildman–Crippen MR) is 181 cm³/mol. The van der Waals surface area contributed by atoms with Gasteiger partial charge >= 0.3 is 0 Å². The number of nitrogens with one attached hydrogen (secondary N) is 1. The number of sulfonamides is 1. The quantitative estimate of drug-likeness (QED) is 0.111. The number of carbonyl (C=O) groups is 1. The lowest BCUT2D eigenvalue weighted by molar-refractivity contribution is -0.119. The molecule has 236 valence electrons. The van der Waals surface area contributed by atoms with Gasteiger partial charge < -0.3 is 14.2 Å². The maximum Gasteiger partial charge on any atom is 0.264 e. The Hall–Kier alpha value is -3.48. The second kappa shape index (κ2) is 15.7. The molecule has 0 saturated carbocycles. The number of hydrazone groups is 1. The molecule has 9 nitrogen and oxygen atoms in total. The minimum atomic E-state index is -4.15. The van der Waals surface area contributed by atoms with E-state index in [1.807, 2.05) is 6.92 Å². The van der Waals surface area contributed by atoms with Crippen LogP contribution in [0.1, 0.15) is 18.1 Å². The second-order valence-corrected chi connectivity index (χ2v) is 13.2. The summed E-state index contributed by atoms with van der Waals surface area (Å²) in [5.41, 5.74) is 3.95.